The van der Waals surface area contributed by atoms with E-state index >= 15 is 0 Å². The van der Waals surface area contributed by atoms with E-state index < -0.39 is 9.84 Å². The SMILES string of the molecule is CCNC1CCN(CCS(C)(=O)=O)CC1. The quantitative estimate of drug-likeness (QED) is 0.733. The number of rotatable bonds is 5. The van der Waals surface area contributed by atoms with Crippen molar-refractivity contribution in [3.05, 3.63) is 0 Å². The molecule has 4 nitrogen and oxygen atoms in total. The Hall–Kier alpha value is -0.130. The second kappa shape index (κ2) is 5.82. The van der Waals surface area contributed by atoms with E-state index in [1.807, 2.05) is 0 Å². The van der Waals surface area contributed by atoms with Crippen molar-refractivity contribution in [2.75, 3.05) is 38.2 Å². The van der Waals surface area contributed by atoms with E-state index in [1.54, 1.807) is 0 Å². The van der Waals surface area contributed by atoms with Gasteiger partial charge in [0, 0.05) is 18.8 Å². The summed E-state index contributed by atoms with van der Waals surface area (Å²) >= 11 is 0. The molecule has 0 radical (unpaired) electrons. The number of hydrogen-bond donors (Lipinski definition) is 1. The maximum absolute atomic E-state index is 11.0. The molecule has 0 aromatic rings. The third-order valence-electron chi connectivity index (χ3n) is 2.86. The summed E-state index contributed by atoms with van der Waals surface area (Å²) in [6.07, 6.45) is 3.58. The highest BCUT2D eigenvalue weighted by Crippen LogP contribution is 2.09. The molecule has 1 rings (SSSR count). The molecule has 1 fully saturated rings. The van der Waals surface area contributed by atoms with Crippen molar-refractivity contribution in [3.8, 4) is 0 Å². The van der Waals surface area contributed by atoms with Crippen molar-refractivity contribution in [2.24, 2.45) is 0 Å². The van der Waals surface area contributed by atoms with Crippen LogP contribution in [-0.2, 0) is 9.84 Å². The number of sulfone groups is 1. The van der Waals surface area contributed by atoms with Gasteiger partial charge >= 0.3 is 0 Å². The molecule has 0 aliphatic carbocycles. The molecule has 0 unspecified atom stereocenters. The Morgan fingerprint density at radius 3 is 2.40 bits per heavy atom. The Morgan fingerprint density at radius 2 is 1.93 bits per heavy atom. The number of nitrogens with zero attached hydrogens (tertiary/aromatic N) is 1. The number of nitrogens with one attached hydrogen (secondary N) is 1. The van der Waals surface area contributed by atoms with Gasteiger partial charge in [-0.25, -0.2) is 8.42 Å². The first-order chi connectivity index (χ1) is 7.01. The van der Waals surface area contributed by atoms with Crippen molar-refractivity contribution in [2.45, 2.75) is 25.8 Å². The fraction of sp³-hybridized carbons (Fsp3) is 1.00. The molecule has 1 heterocycles. The van der Waals surface area contributed by atoms with E-state index in [0.717, 1.165) is 32.5 Å². The lowest BCUT2D eigenvalue weighted by Crippen LogP contribution is -2.43. The van der Waals surface area contributed by atoms with Crippen molar-refractivity contribution in [1.29, 1.82) is 0 Å². The third kappa shape index (κ3) is 5.49. The predicted octanol–water partition coefficient (Wildman–Crippen LogP) is 0.105. The van der Waals surface area contributed by atoms with Gasteiger partial charge in [0.05, 0.1) is 5.75 Å². The topological polar surface area (TPSA) is 49.4 Å². The molecule has 1 N–H and O–H groups in total. The molecular formula is C10H22N2O2S. The van der Waals surface area contributed by atoms with Gasteiger partial charge in [0.25, 0.3) is 0 Å². The standard InChI is InChI=1S/C10H22N2O2S/c1-3-11-10-4-6-12(7-5-10)8-9-15(2,13)14/h10-11H,3-9H2,1-2H3. The van der Waals surface area contributed by atoms with Gasteiger partial charge in [0.2, 0.25) is 0 Å². The van der Waals surface area contributed by atoms with Crippen molar-refractivity contribution in [3.63, 3.8) is 0 Å². The maximum Gasteiger partial charge on any atom is 0.148 e. The molecule has 1 aliphatic rings. The van der Waals surface area contributed by atoms with Crippen molar-refractivity contribution < 1.29 is 8.42 Å². The number of piperidine rings is 1. The molecule has 0 bridgehead atoms. The van der Waals surface area contributed by atoms with Crippen LogP contribution in [0.3, 0.4) is 0 Å². The van der Waals surface area contributed by atoms with Crippen LogP contribution in [0.1, 0.15) is 19.8 Å². The van der Waals surface area contributed by atoms with Gasteiger partial charge in [-0.2, -0.15) is 0 Å². The van der Waals surface area contributed by atoms with Crippen LogP contribution in [0.25, 0.3) is 0 Å². The summed E-state index contributed by atoms with van der Waals surface area (Å²) in [5, 5.41) is 3.43. The highest BCUT2D eigenvalue weighted by atomic mass is 32.2. The first-order valence-corrected chi connectivity index (χ1v) is 7.71. The fourth-order valence-corrected chi connectivity index (χ4v) is 2.53. The summed E-state index contributed by atoms with van der Waals surface area (Å²) in [4.78, 5) is 2.24. The van der Waals surface area contributed by atoms with Gasteiger partial charge in [-0.1, -0.05) is 6.92 Å². The van der Waals surface area contributed by atoms with E-state index in [-0.39, 0.29) is 0 Å². The van der Waals surface area contributed by atoms with Crippen LogP contribution >= 0.6 is 0 Å². The lowest BCUT2D eigenvalue weighted by Gasteiger charge is -2.32. The van der Waals surface area contributed by atoms with Crippen molar-refractivity contribution >= 4 is 9.84 Å². The van der Waals surface area contributed by atoms with E-state index in [1.165, 1.54) is 6.26 Å². The minimum Gasteiger partial charge on any atom is -0.314 e. The highest BCUT2D eigenvalue weighted by molar-refractivity contribution is 7.90. The summed E-state index contributed by atoms with van der Waals surface area (Å²) in [5.74, 6) is 0.291. The lowest BCUT2D eigenvalue weighted by atomic mass is 10.1. The zero-order valence-electron chi connectivity index (χ0n) is 9.70. The summed E-state index contributed by atoms with van der Waals surface area (Å²) < 4.78 is 22.0. The first kappa shape index (κ1) is 12.9. The summed E-state index contributed by atoms with van der Waals surface area (Å²) in [7, 11) is -2.80. The summed E-state index contributed by atoms with van der Waals surface area (Å²) in [6.45, 7) is 5.88. The van der Waals surface area contributed by atoms with Crippen LogP contribution in [0.5, 0.6) is 0 Å². The van der Waals surface area contributed by atoms with Crippen molar-refractivity contribution in [1.82, 2.24) is 10.2 Å². The molecule has 0 saturated carbocycles. The minimum atomic E-state index is -2.80. The van der Waals surface area contributed by atoms with Gasteiger partial charge < -0.3 is 10.2 Å². The van der Waals surface area contributed by atoms with Crippen LogP contribution in [0, 0.1) is 0 Å². The monoisotopic (exact) mass is 234 g/mol. The molecule has 0 amide bonds. The van der Waals surface area contributed by atoms with Gasteiger partial charge in [-0.05, 0) is 32.5 Å². The zero-order chi connectivity index (χ0) is 11.3. The second-order valence-corrected chi connectivity index (χ2v) is 6.56. The zero-order valence-corrected chi connectivity index (χ0v) is 10.5. The van der Waals surface area contributed by atoms with Crippen LogP contribution in [0.4, 0.5) is 0 Å². The van der Waals surface area contributed by atoms with E-state index in [0.29, 0.717) is 18.3 Å². The molecular weight excluding hydrogens is 212 g/mol. The summed E-state index contributed by atoms with van der Waals surface area (Å²) in [5.41, 5.74) is 0. The molecule has 0 atom stereocenters. The van der Waals surface area contributed by atoms with Gasteiger partial charge in [-0.3, -0.25) is 0 Å². The Labute approximate surface area is 93.0 Å². The third-order valence-corrected chi connectivity index (χ3v) is 3.78. The lowest BCUT2D eigenvalue weighted by molar-refractivity contribution is 0.208. The molecule has 15 heavy (non-hydrogen) atoms. The first-order valence-electron chi connectivity index (χ1n) is 5.64. The largest absolute Gasteiger partial charge is 0.314 e. The van der Waals surface area contributed by atoms with E-state index in [2.05, 4.69) is 17.1 Å². The van der Waals surface area contributed by atoms with Gasteiger partial charge in [0.1, 0.15) is 9.84 Å². The molecule has 1 aliphatic heterocycles. The Bertz CT molecular complexity index is 269. The second-order valence-electron chi connectivity index (χ2n) is 4.30. The predicted molar refractivity (Wildman–Crippen MR) is 62.8 cm³/mol. The van der Waals surface area contributed by atoms with Crippen LogP contribution in [0.15, 0.2) is 0 Å². The number of hydrogen-bond acceptors (Lipinski definition) is 4. The molecule has 5 heteroatoms. The molecule has 0 aromatic heterocycles. The van der Waals surface area contributed by atoms with Crippen LogP contribution < -0.4 is 5.32 Å². The number of likely N-dealkylation sites (tertiary alicyclic amines) is 1. The van der Waals surface area contributed by atoms with Crippen LogP contribution in [-0.4, -0.2) is 57.5 Å². The highest BCUT2D eigenvalue weighted by Gasteiger charge is 2.18. The maximum atomic E-state index is 11.0. The fourth-order valence-electron chi connectivity index (χ4n) is 1.94. The van der Waals surface area contributed by atoms with Gasteiger partial charge in [-0.15, -0.1) is 0 Å². The molecule has 0 aromatic carbocycles. The van der Waals surface area contributed by atoms with E-state index in [9.17, 15) is 8.42 Å². The van der Waals surface area contributed by atoms with E-state index in [4.69, 9.17) is 0 Å². The molecule has 0 spiro atoms. The Balaban J connectivity index is 2.20. The Morgan fingerprint density at radius 1 is 1.33 bits per heavy atom. The summed E-state index contributed by atoms with van der Waals surface area (Å²) in [6, 6.07) is 0.629. The molecule has 90 valence electrons. The smallest absolute Gasteiger partial charge is 0.148 e. The normalized spacial score (nSPS) is 20.7. The minimum absolute atomic E-state index is 0.291. The average molecular weight is 234 g/mol. The average Bonchev–Trinajstić information content (AvgIpc) is 2.16. The van der Waals surface area contributed by atoms with Crippen LogP contribution in [0.2, 0.25) is 0 Å². The van der Waals surface area contributed by atoms with Gasteiger partial charge in [0.15, 0.2) is 0 Å². The molecule has 1 saturated heterocycles. The Kier molecular flexibility index (Phi) is 5.02.